The predicted molar refractivity (Wildman–Crippen MR) is 86.8 cm³/mol. The Kier molecular flexibility index (Phi) is 4.16. The van der Waals surface area contributed by atoms with Crippen LogP contribution in [0.3, 0.4) is 0 Å². The van der Waals surface area contributed by atoms with Crippen LogP contribution in [0.15, 0.2) is 18.2 Å². The highest BCUT2D eigenvalue weighted by Gasteiger charge is 2.18. The normalized spacial score (nSPS) is 24.1. The standard InChI is InChI=1S/C17H27N3/c1-14-12-16(20-10-3-4-11-20)7-8-17(14)18-15-6-5-9-19(2)13-15/h7-8,12,15,18H,3-6,9-11,13H2,1-2H3. The van der Waals surface area contributed by atoms with E-state index < -0.39 is 0 Å². The van der Waals surface area contributed by atoms with Crippen molar-refractivity contribution < 1.29 is 0 Å². The fourth-order valence-corrected chi connectivity index (χ4v) is 3.49. The zero-order valence-electron chi connectivity index (χ0n) is 12.9. The molecule has 0 amide bonds. The molecule has 0 bridgehead atoms. The van der Waals surface area contributed by atoms with Gasteiger partial charge in [-0.2, -0.15) is 0 Å². The van der Waals surface area contributed by atoms with Crippen molar-refractivity contribution in [1.29, 1.82) is 0 Å². The van der Waals surface area contributed by atoms with Crippen molar-refractivity contribution in [2.75, 3.05) is 43.4 Å². The summed E-state index contributed by atoms with van der Waals surface area (Å²) in [5.74, 6) is 0. The number of likely N-dealkylation sites (tertiary alicyclic amines) is 1. The number of nitrogens with zero attached hydrogens (tertiary/aromatic N) is 2. The molecule has 2 heterocycles. The zero-order chi connectivity index (χ0) is 13.9. The Bertz CT molecular complexity index is 452. The molecule has 2 saturated heterocycles. The predicted octanol–water partition coefficient (Wildman–Crippen LogP) is 3.10. The van der Waals surface area contributed by atoms with E-state index in [1.807, 2.05) is 0 Å². The molecule has 110 valence electrons. The molecule has 0 aliphatic carbocycles. The van der Waals surface area contributed by atoms with E-state index >= 15 is 0 Å². The summed E-state index contributed by atoms with van der Waals surface area (Å²) in [5, 5.41) is 3.74. The highest BCUT2D eigenvalue weighted by atomic mass is 15.1. The van der Waals surface area contributed by atoms with Gasteiger partial charge in [-0.3, -0.25) is 0 Å². The van der Waals surface area contributed by atoms with E-state index in [2.05, 4.69) is 47.3 Å². The largest absolute Gasteiger partial charge is 0.381 e. The van der Waals surface area contributed by atoms with Gasteiger partial charge in [0.15, 0.2) is 0 Å². The van der Waals surface area contributed by atoms with Crippen molar-refractivity contribution in [1.82, 2.24) is 4.90 Å². The maximum Gasteiger partial charge on any atom is 0.0388 e. The first-order valence-corrected chi connectivity index (χ1v) is 8.03. The highest BCUT2D eigenvalue weighted by molar-refractivity contribution is 5.61. The average molecular weight is 273 g/mol. The second-order valence-corrected chi connectivity index (χ2v) is 6.44. The Labute approximate surface area is 123 Å². The van der Waals surface area contributed by atoms with Crippen molar-refractivity contribution >= 4 is 11.4 Å². The number of likely N-dealkylation sites (N-methyl/N-ethyl adjacent to an activating group) is 1. The molecule has 1 N–H and O–H groups in total. The fraction of sp³-hybridized carbons (Fsp3) is 0.647. The van der Waals surface area contributed by atoms with Gasteiger partial charge >= 0.3 is 0 Å². The first kappa shape index (κ1) is 13.7. The molecule has 2 aliphatic heterocycles. The molecule has 3 nitrogen and oxygen atoms in total. The first-order chi connectivity index (χ1) is 9.72. The van der Waals surface area contributed by atoms with E-state index in [0.29, 0.717) is 6.04 Å². The van der Waals surface area contributed by atoms with Crippen LogP contribution in [0.2, 0.25) is 0 Å². The van der Waals surface area contributed by atoms with Crippen LogP contribution < -0.4 is 10.2 Å². The summed E-state index contributed by atoms with van der Waals surface area (Å²) in [6, 6.07) is 7.51. The molecule has 0 aromatic heterocycles. The van der Waals surface area contributed by atoms with Gasteiger partial charge in [0.05, 0.1) is 0 Å². The average Bonchev–Trinajstić information content (AvgIpc) is 2.95. The zero-order valence-corrected chi connectivity index (χ0v) is 12.9. The van der Waals surface area contributed by atoms with Crippen LogP contribution in [-0.4, -0.2) is 44.2 Å². The van der Waals surface area contributed by atoms with Gasteiger partial charge in [0.1, 0.15) is 0 Å². The Morgan fingerprint density at radius 2 is 1.90 bits per heavy atom. The molecule has 0 spiro atoms. The van der Waals surface area contributed by atoms with Crippen LogP contribution in [-0.2, 0) is 0 Å². The number of benzene rings is 1. The van der Waals surface area contributed by atoms with Gasteiger partial charge in [-0.15, -0.1) is 0 Å². The van der Waals surface area contributed by atoms with Gasteiger partial charge < -0.3 is 15.1 Å². The van der Waals surface area contributed by atoms with Crippen LogP contribution in [0.25, 0.3) is 0 Å². The molecular formula is C17H27N3. The minimum absolute atomic E-state index is 0.602. The highest BCUT2D eigenvalue weighted by Crippen LogP contribution is 2.26. The molecule has 2 aliphatic rings. The number of hydrogen-bond acceptors (Lipinski definition) is 3. The van der Waals surface area contributed by atoms with Crippen LogP contribution in [0.5, 0.6) is 0 Å². The number of nitrogens with one attached hydrogen (secondary N) is 1. The van der Waals surface area contributed by atoms with Crippen molar-refractivity contribution in [3.8, 4) is 0 Å². The summed E-state index contributed by atoms with van der Waals surface area (Å²) in [5.41, 5.74) is 4.09. The third-order valence-electron chi connectivity index (χ3n) is 4.67. The van der Waals surface area contributed by atoms with Gasteiger partial charge in [-0.1, -0.05) is 0 Å². The second-order valence-electron chi connectivity index (χ2n) is 6.44. The Morgan fingerprint density at radius 3 is 2.60 bits per heavy atom. The lowest BCUT2D eigenvalue weighted by atomic mass is 10.0. The third kappa shape index (κ3) is 3.09. The molecule has 3 rings (SSSR count). The smallest absolute Gasteiger partial charge is 0.0388 e. The molecule has 1 aromatic carbocycles. The molecule has 1 unspecified atom stereocenters. The molecule has 1 atom stereocenters. The lowest BCUT2D eigenvalue weighted by Gasteiger charge is -2.31. The Morgan fingerprint density at radius 1 is 1.10 bits per heavy atom. The van der Waals surface area contributed by atoms with Crippen LogP contribution in [0, 0.1) is 6.92 Å². The molecule has 1 aromatic rings. The maximum absolute atomic E-state index is 3.74. The van der Waals surface area contributed by atoms with Crippen molar-refractivity contribution in [3.63, 3.8) is 0 Å². The topological polar surface area (TPSA) is 18.5 Å². The Hall–Kier alpha value is -1.22. The van der Waals surface area contributed by atoms with Gasteiger partial charge in [-0.05, 0) is 70.0 Å². The monoisotopic (exact) mass is 273 g/mol. The summed E-state index contributed by atoms with van der Waals surface area (Å²) in [6.45, 7) is 7.08. The summed E-state index contributed by atoms with van der Waals surface area (Å²) in [4.78, 5) is 4.93. The van der Waals surface area contributed by atoms with Gasteiger partial charge in [-0.25, -0.2) is 0 Å². The third-order valence-corrected chi connectivity index (χ3v) is 4.67. The first-order valence-electron chi connectivity index (χ1n) is 8.03. The van der Waals surface area contributed by atoms with Crippen molar-refractivity contribution in [3.05, 3.63) is 23.8 Å². The van der Waals surface area contributed by atoms with E-state index in [1.54, 1.807) is 0 Å². The molecule has 2 fully saturated rings. The summed E-state index contributed by atoms with van der Waals surface area (Å²) in [6.07, 6.45) is 5.28. The van der Waals surface area contributed by atoms with Crippen molar-refractivity contribution in [2.45, 2.75) is 38.6 Å². The SMILES string of the molecule is Cc1cc(N2CCCC2)ccc1NC1CCCN(C)C1. The van der Waals surface area contributed by atoms with Crippen LogP contribution in [0.1, 0.15) is 31.2 Å². The lowest BCUT2D eigenvalue weighted by molar-refractivity contribution is 0.261. The van der Waals surface area contributed by atoms with Crippen molar-refractivity contribution in [2.24, 2.45) is 0 Å². The number of piperidine rings is 1. The number of anilines is 2. The van der Waals surface area contributed by atoms with E-state index in [0.717, 1.165) is 6.54 Å². The quantitative estimate of drug-likeness (QED) is 0.913. The van der Waals surface area contributed by atoms with Crippen LogP contribution in [0.4, 0.5) is 11.4 Å². The molecule has 0 radical (unpaired) electrons. The Balaban J connectivity index is 1.67. The minimum Gasteiger partial charge on any atom is -0.381 e. The van der Waals surface area contributed by atoms with Gasteiger partial charge in [0.25, 0.3) is 0 Å². The maximum atomic E-state index is 3.74. The van der Waals surface area contributed by atoms with E-state index in [9.17, 15) is 0 Å². The van der Waals surface area contributed by atoms with Gasteiger partial charge in [0, 0.05) is 37.1 Å². The van der Waals surface area contributed by atoms with E-state index in [-0.39, 0.29) is 0 Å². The van der Waals surface area contributed by atoms with E-state index in [1.165, 1.54) is 62.3 Å². The van der Waals surface area contributed by atoms with Crippen LogP contribution >= 0.6 is 0 Å². The van der Waals surface area contributed by atoms with E-state index in [4.69, 9.17) is 0 Å². The molecule has 0 saturated carbocycles. The number of rotatable bonds is 3. The number of aryl methyl sites for hydroxylation is 1. The summed E-state index contributed by atoms with van der Waals surface area (Å²) >= 11 is 0. The molecule has 3 heteroatoms. The summed E-state index contributed by atoms with van der Waals surface area (Å²) in [7, 11) is 2.22. The molecule has 20 heavy (non-hydrogen) atoms. The second kappa shape index (κ2) is 6.04. The molecular weight excluding hydrogens is 246 g/mol. The minimum atomic E-state index is 0.602. The lowest BCUT2D eigenvalue weighted by Crippen LogP contribution is -2.39. The summed E-state index contributed by atoms with van der Waals surface area (Å²) < 4.78 is 0. The number of hydrogen-bond donors (Lipinski definition) is 1. The fourth-order valence-electron chi connectivity index (χ4n) is 3.49. The van der Waals surface area contributed by atoms with Gasteiger partial charge in [0.2, 0.25) is 0 Å².